The van der Waals surface area contributed by atoms with Gasteiger partial charge in [0.1, 0.15) is 34.3 Å². The Hall–Kier alpha value is -4.24. The van der Waals surface area contributed by atoms with E-state index in [2.05, 4.69) is 26.0 Å². The summed E-state index contributed by atoms with van der Waals surface area (Å²) in [4.78, 5) is 28.7. The first-order chi connectivity index (χ1) is 16.6. The van der Waals surface area contributed by atoms with Crippen LogP contribution < -0.4 is 15.2 Å². The smallest absolute Gasteiger partial charge is 0.338 e. The summed E-state index contributed by atoms with van der Waals surface area (Å²) in [5, 5.41) is 10.5. The van der Waals surface area contributed by atoms with Crippen molar-refractivity contribution in [2.45, 2.75) is 17.9 Å². The summed E-state index contributed by atoms with van der Waals surface area (Å²) < 4.78 is 22.3. The Morgan fingerprint density at radius 3 is 3.06 bits per heavy atom. The lowest BCUT2D eigenvalue weighted by atomic mass is 9.82. The van der Waals surface area contributed by atoms with Crippen LogP contribution in [0.3, 0.4) is 0 Å². The summed E-state index contributed by atoms with van der Waals surface area (Å²) in [6, 6.07) is 7.36. The van der Waals surface area contributed by atoms with Gasteiger partial charge in [-0.2, -0.15) is 5.26 Å². The number of hydrogen-bond acceptors (Lipinski definition) is 11. The van der Waals surface area contributed by atoms with Gasteiger partial charge in [0.05, 0.1) is 30.2 Å². The van der Waals surface area contributed by atoms with Gasteiger partial charge < -0.3 is 29.7 Å². The van der Waals surface area contributed by atoms with Crippen LogP contribution in [-0.2, 0) is 14.3 Å². The van der Waals surface area contributed by atoms with Crippen molar-refractivity contribution in [2.24, 2.45) is 5.73 Å². The number of nitrogens with two attached hydrogens (primary N) is 1. The predicted molar refractivity (Wildman–Crippen MR) is 119 cm³/mol. The highest BCUT2D eigenvalue weighted by Gasteiger charge is 2.40. The fourth-order valence-corrected chi connectivity index (χ4v) is 4.73. The van der Waals surface area contributed by atoms with E-state index in [9.17, 15) is 10.1 Å². The van der Waals surface area contributed by atoms with Gasteiger partial charge in [-0.3, -0.25) is 0 Å². The molecule has 1 aromatic carbocycles. The van der Waals surface area contributed by atoms with Gasteiger partial charge in [-0.25, -0.2) is 19.7 Å². The number of benzene rings is 1. The maximum atomic E-state index is 13.2. The van der Waals surface area contributed by atoms with Gasteiger partial charge >= 0.3 is 5.97 Å². The number of para-hydroxylation sites is 1. The second kappa shape index (κ2) is 8.95. The number of nitriles is 1. The molecule has 0 fully saturated rings. The molecule has 0 saturated carbocycles. The zero-order valence-electron chi connectivity index (χ0n) is 17.9. The number of aromatic nitrogens is 4. The maximum absolute atomic E-state index is 13.2. The number of esters is 1. The summed E-state index contributed by atoms with van der Waals surface area (Å²) in [7, 11) is 0. The number of nitrogens with zero attached hydrogens (tertiary/aromatic N) is 4. The molecule has 2 aromatic heterocycles. The van der Waals surface area contributed by atoms with Gasteiger partial charge in [0, 0.05) is 5.56 Å². The molecule has 11 nitrogen and oxygen atoms in total. The van der Waals surface area contributed by atoms with Crippen molar-refractivity contribution in [1.82, 2.24) is 19.9 Å². The molecule has 2 aliphatic heterocycles. The maximum Gasteiger partial charge on any atom is 0.338 e. The standard InChI is InChI=1S/C22H18N6O5S/c1-2-30-22(29)16-14(7-34-21-17-20(26-8-25-17)27-9-28-21)33-19(24)12(6-23)15(16)11-4-3-5-13-18(11)32-10-31-13/h3-5,8-9,15H,2,7,10,24H2,1H3,(H,25,26,27,28). The van der Waals surface area contributed by atoms with E-state index in [1.54, 1.807) is 25.1 Å². The Kier molecular flexibility index (Phi) is 5.69. The number of ether oxygens (including phenoxy) is 4. The number of rotatable bonds is 6. The summed E-state index contributed by atoms with van der Waals surface area (Å²) in [5.41, 5.74) is 8.14. The molecule has 0 amide bonds. The molecule has 5 rings (SSSR count). The number of fused-ring (bicyclic) bond motifs is 2. The molecule has 0 saturated heterocycles. The molecular weight excluding hydrogens is 460 g/mol. The van der Waals surface area contributed by atoms with Crippen LogP contribution in [0.25, 0.3) is 11.2 Å². The summed E-state index contributed by atoms with van der Waals surface area (Å²) in [5.74, 6) is -0.173. The van der Waals surface area contributed by atoms with Crippen molar-refractivity contribution >= 4 is 28.9 Å². The second-order valence-electron chi connectivity index (χ2n) is 7.13. The average molecular weight is 478 g/mol. The number of aromatic amines is 1. The summed E-state index contributed by atoms with van der Waals surface area (Å²) in [6.45, 7) is 1.88. The molecule has 2 aliphatic rings. The van der Waals surface area contributed by atoms with E-state index in [4.69, 9.17) is 24.7 Å². The monoisotopic (exact) mass is 478 g/mol. The molecule has 0 aliphatic carbocycles. The first-order valence-corrected chi connectivity index (χ1v) is 11.2. The molecule has 0 spiro atoms. The van der Waals surface area contributed by atoms with E-state index in [-0.39, 0.29) is 41.9 Å². The van der Waals surface area contributed by atoms with E-state index >= 15 is 0 Å². The quantitative estimate of drug-likeness (QED) is 0.304. The van der Waals surface area contributed by atoms with Crippen molar-refractivity contribution in [3.05, 3.63) is 59.2 Å². The lowest BCUT2D eigenvalue weighted by Gasteiger charge is -2.28. The molecule has 0 bridgehead atoms. The van der Waals surface area contributed by atoms with Crippen LogP contribution in [0, 0.1) is 11.3 Å². The molecule has 3 N–H and O–H groups in total. The van der Waals surface area contributed by atoms with Crippen LogP contribution in [0.15, 0.2) is 58.7 Å². The average Bonchev–Trinajstić information content (AvgIpc) is 3.52. The molecule has 0 radical (unpaired) electrons. The van der Waals surface area contributed by atoms with Crippen molar-refractivity contribution < 1.29 is 23.7 Å². The largest absolute Gasteiger partial charge is 0.463 e. The molecular formula is C22H18N6O5S. The van der Waals surface area contributed by atoms with Crippen molar-refractivity contribution in [2.75, 3.05) is 19.2 Å². The number of carbonyl (C=O) groups excluding carboxylic acids is 1. The van der Waals surface area contributed by atoms with E-state index in [1.807, 2.05) is 0 Å². The summed E-state index contributed by atoms with van der Waals surface area (Å²) in [6.07, 6.45) is 2.93. The van der Waals surface area contributed by atoms with E-state index in [0.29, 0.717) is 33.3 Å². The fourth-order valence-electron chi connectivity index (χ4n) is 3.84. The molecule has 4 heterocycles. The minimum Gasteiger partial charge on any atom is -0.463 e. The number of thioether (sulfide) groups is 1. The van der Waals surface area contributed by atoms with E-state index in [1.165, 1.54) is 24.4 Å². The minimum atomic E-state index is -0.859. The Bertz CT molecular complexity index is 1390. The van der Waals surface area contributed by atoms with Gasteiger partial charge in [0.25, 0.3) is 0 Å². The van der Waals surface area contributed by atoms with Gasteiger partial charge in [0.15, 0.2) is 17.1 Å². The Labute approximate surface area is 197 Å². The van der Waals surface area contributed by atoms with Gasteiger partial charge in [0.2, 0.25) is 12.7 Å². The third-order valence-corrected chi connectivity index (χ3v) is 6.25. The molecule has 3 aromatic rings. The lowest BCUT2D eigenvalue weighted by molar-refractivity contribution is -0.139. The highest BCUT2D eigenvalue weighted by atomic mass is 32.2. The third kappa shape index (κ3) is 3.65. The van der Waals surface area contributed by atoms with Gasteiger partial charge in [-0.15, -0.1) is 0 Å². The fraction of sp³-hybridized carbons (Fsp3) is 0.227. The lowest BCUT2D eigenvalue weighted by Crippen LogP contribution is -2.27. The highest BCUT2D eigenvalue weighted by molar-refractivity contribution is 7.99. The van der Waals surface area contributed by atoms with Gasteiger partial charge in [-0.05, 0) is 13.0 Å². The molecule has 1 unspecified atom stereocenters. The van der Waals surface area contributed by atoms with Crippen LogP contribution in [0.4, 0.5) is 0 Å². The molecule has 1 atom stereocenters. The normalized spacial score (nSPS) is 17.0. The second-order valence-corrected chi connectivity index (χ2v) is 8.10. The van der Waals surface area contributed by atoms with Crippen LogP contribution in [0.2, 0.25) is 0 Å². The van der Waals surface area contributed by atoms with Crippen LogP contribution in [-0.4, -0.2) is 45.1 Å². The van der Waals surface area contributed by atoms with E-state index < -0.39 is 11.9 Å². The SMILES string of the molecule is CCOC(=O)C1=C(CSc2ncnc3nc[nH]c23)OC(N)=C(C#N)C1c1cccc2c1OCO2. The number of carbonyl (C=O) groups is 1. The third-order valence-electron chi connectivity index (χ3n) is 5.26. The van der Waals surface area contributed by atoms with E-state index in [0.717, 1.165) is 0 Å². The van der Waals surface area contributed by atoms with Gasteiger partial charge in [-0.1, -0.05) is 23.9 Å². The Morgan fingerprint density at radius 2 is 2.24 bits per heavy atom. The number of hydrogen-bond donors (Lipinski definition) is 2. The van der Waals surface area contributed by atoms with Crippen LogP contribution in [0.5, 0.6) is 11.5 Å². The van der Waals surface area contributed by atoms with Crippen LogP contribution in [0.1, 0.15) is 18.4 Å². The highest BCUT2D eigenvalue weighted by Crippen LogP contribution is 2.47. The zero-order chi connectivity index (χ0) is 23.7. The Morgan fingerprint density at radius 1 is 1.35 bits per heavy atom. The topological polar surface area (TPSA) is 158 Å². The first kappa shape index (κ1) is 21.6. The number of allylic oxidation sites excluding steroid dienone is 1. The molecule has 34 heavy (non-hydrogen) atoms. The minimum absolute atomic E-state index is 0.0334. The number of imidazole rings is 1. The Balaban J connectivity index is 1.61. The molecule has 172 valence electrons. The van der Waals surface area contributed by atoms with Crippen molar-refractivity contribution in [3.63, 3.8) is 0 Å². The van der Waals surface area contributed by atoms with Crippen LogP contribution >= 0.6 is 11.8 Å². The first-order valence-electron chi connectivity index (χ1n) is 10.3. The molecule has 12 heteroatoms. The zero-order valence-corrected chi connectivity index (χ0v) is 18.7. The predicted octanol–water partition coefficient (Wildman–Crippen LogP) is 2.50. The number of nitrogens with one attached hydrogen (secondary N) is 1. The summed E-state index contributed by atoms with van der Waals surface area (Å²) >= 11 is 1.30. The van der Waals surface area contributed by atoms with Crippen molar-refractivity contribution in [1.29, 1.82) is 5.26 Å². The van der Waals surface area contributed by atoms with Crippen molar-refractivity contribution in [3.8, 4) is 17.6 Å². The number of H-pyrrole nitrogens is 1.